The van der Waals surface area contributed by atoms with Gasteiger partial charge < -0.3 is 24.6 Å². The molecule has 29 heavy (non-hydrogen) atoms. The van der Waals surface area contributed by atoms with E-state index in [4.69, 9.17) is 9.47 Å². The summed E-state index contributed by atoms with van der Waals surface area (Å²) in [4.78, 5) is 25.9. The number of ether oxygens (including phenoxy) is 2. The zero-order valence-electron chi connectivity index (χ0n) is 16.6. The Bertz CT molecular complexity index is 917. The van der Waals surface area contributed by atoms with Crippen LogP contribution < -0.4 is 15.0 Å². The average Bonchev–Trinajstić information content (AvgIpc) is 3.05. The van der Waals surface area contributed by atoms with E-state index in [1.165, 1.54) is 13.2 Å². The van der Waals surface area contributed by atoms with Gasteiger partial charge in [0.1, 0.15) is 11.5 Å². The average molecular weight is 401 g/mol. The zero-order valence-corrected chi connectivity index (χ0v) is 16.6. The Morgan fingerprint density at radius 2 is 2.07 bits per heavy atom. The van der Waals surface area contributed by atoms with Gasteiger partial charge in [-0.2, -0.15) is 4.98 Å². The van der Waals surface area contributed by atoms with Crippen LogP contribution in [0.5, 0.6) is 5.75 Å². The molecule has 0 spiro atoms. The van der Waals surface area contributed by atoms with Crippen LogP contribution in [-0.2, 0) is 11.3 Å². The fourth-order valence-electron chi connectivity index (χ4n) is 3.55. The van der Waals surface area contributed by atoms with E-state index >= 15 is 0 Å². The SMILES string of the molecule is CCCN1Cc2c(Nc3ccc(OC)c(F)c3)nc(N3CCOCC3)nc2C1=O. The van der Waals surface area contributed by atoms with E-state index in [1.807, 2.05) is 11.8 Å². The Labute approximate surface area is 168 Å². The van der Waals surface area contributed by atoms with Gasteiger partial charge in [-0.1, -0.05) is 6.92 Å². The highest BCUT2D eigenvalue weighted by Gasteiger charge is 2.33. The number of methoxy groups -OCH3 is 1. The molecule has 3 heterocycles. The number of nitrogens with zero attached hydrogens (tertiary/aromatic N) is 4. The number of amides is 1. The number of anilines is 3. The molecule has 1 saturated heterocycles. The molecule has 1 fully saturated rings. The van der Waals surface area contributed by atoms with Crippen molar-refractivity contribution in [3.8, 4) is 5.75 Å². The first-order valence-corrected chi connectivity index (χ1v) is 9.74. The van der Waals surface area contributed by atoms with Gasteiger partial charge in [0.05, 0.1) is 26.9 Å². The van der Waals surface area contributed by atoms with E-state index in [2.05, 4.69) is 15.3 Å². The molecule has 1 aromatic heterocycles. The molecule has 2 aliphatic heterocycles. The van der Waals surface area contributed by atoms with Crippen LogP contribution in [0.1, 0.15) is 29.4 Å². The molecule has 1 N–H and O–H groups in total. The van der Waals surface area contributed by atoms with Crippen molar-refractivity contribution in [2.45, 2.75) is 19.9 Å². The van der Waals surface area contributed by atoms with Crippen LogP contribution in [0.2, 0.25) is 0 Å². The molecule has 2 aliphatic rings. The van der Waals surface area contributed by atoms with Gasteiger partial charge >= 0.3 is 0 Å². The van der Waals surface area contributed by atoms with E-state index in [1.54, 1.807) is 17.0 Å². The second-order valence-corrected chi connectivity index (χ2v) is 7.00. The van der Waals surface area contributed by atoms with Crippen molar-refractivity contribution in [3.05, 3.63) is 35.3 Å². The molecule has 0 radical (unpaired) electrons. The molecule has 4 rings (SSSR count). The summed E-state index contributed by atoms with van der Waals surface area (Å²) in [5.41, 5.74) is 1.67. The van der Waals surface area contributed by atoms with Crippen LogP contribution in [0.3, 0.4) is 0 Å². The molecule has 0 aliphatic carbocycles. The van der Waals surface area contributed by atoms with Crippen LogP contribution in [0.4, 0.5) is 21.8 Å². The fraction of sp³-hybridized carbons (Fsp3) is 0.450. The van der Waals surface area contributed by atoms with E-state index in [0.717, 1.165) is 12.0 Å². The first-order chi connectivity index (χ1) is 14.1. The molecule has 0 unspecified atom stereocenters. The molecule has 8 nitrogen and oxygen atoms in total. The highest BCUT2D eigenvalue weighted by Crippen LogP contribution is 2.32. The number of carbonyl (C=O) groups is 1. The standard InChI is InChI=1S/C20H24FN5O3/c1-3-6-26-12-14-17(19(26)27)23-20(25-7-9-29-10-8-25)24-18(14)22-13-4-5-16(28-2)15(21)11-13/h4-5,11H,3,6-10,12H2,1-2H3,(H,22,23,24). The summed E-state index contributed by atoms with van der Waals surface area (Å²) in [6.07, 6.45) is 0.857. The number of carbonyl (C=O) groups excluding carboxylic acids is 1. The molecule has 0 atom stereocenters. The van der Waals surface area contributed by atoms with Crippen molar-refractivity contribution in [1.82, 2.24) is 14.9 Å². The Morgan fingerprint density at radius 3 is 2.76 bits per heavy atom. The van der Waals surface area contributed by atoms with E-state index in [0.29, 0.717) is 62.5 Å². The van der Waals surface area contributed by atoms with Crippen molar-refractivity contribution in [2.24, 2.45) is 0 Å². The number of halogens is 1. The third kappa shape index (κ3) is 3.82. The molecule has 1 amide bonds. The number of fused-ring (bicyclic) bond motifs is 1. The lowest BCUT2D eigenvalue weighted by Gasteiger charge is -2.27. The summed E-state index contributed by atoms with van der Waals surface area (Å²) in [5.74, 6) is 0.605. The number of morpholine rings is 1. The molecule has 9 heteroatoms. The Balaban J connectivity index is 1.71. The van der Waals surface area contributed by atoms with Gasteiger partial charge in [0.25, 0.3) is 5.91 Å². The normalized spacial score (nSPS) is 16.2. The second kappa shape index (κ2) is 8.20. The molecule has 0 saturated carbocycles. The molecule has 154 valence electrons. The highest BCUT2D eigenvalue weighted by molar-refractivity contribution is 5.98. The number of hydrogen-bond donors (Lipinski definition) is 1. The van der Waals surface area contributed by atoms with Crippen molar-refractivity contribution < 1.29 is 18.7 Å². The molecule has 1 aromatic carbocycles. The second-order valence-electron chi connectivity index (χ2n) is 7.00. The third-order valence-electron chi connectivity index (χ3n) is 5.04. The highest BCUT2D eigenvalue weighted by atomic mass is 19.1. The minimum absolute atomic E-state index is 0.0947. The summed E-state index contributed by atoms with van der Waals surface area (Å²) in [7, 11) is 1.42. The van der Waals surface area contributed by atoms with E-state index in [9.17, 15) is 9.18 Å². The summed E-state index contributed by atoms with van der Waals surface area (Å²) in [5, 5.41) is 3.18. The first kappa shape index (κ1) is 19.4. The van der Waals surface area contributed by atoms with Crippen LogP contribution in [0.25, 0.3) is 0 Å². The summed E-state index contributed by atoms with van der Waals surface area (Å²) in [6.45, 7) is 5.60. The smallest absolute Gasteiger partial charge is 0.273 e. The number of benzene rings is 1. The minimum Gasteiger partial charge on any atom is -0.494 e. The predicted octanol–water partition coefficient (Wildman–Crippen LogP) is 2.57. The van der Waals surface area contributed by atoms with E-state index in [-0.39, 0.29) is 11.7 Å². The Kier molecular flexibility index (Phi) is 5.48. The quantitative estimate of drug-likeness (QED) is 0.797. The van der Waals surface area contributed by atoms with E-state index < -0.39 is 5.82 Å². The predicted molar refractivity (Wildman–Crippen MR) is 106 cm³/mol. The maximum Gasteiger partial charge on any atom is 0.273 e. The largest absolute Gasteiger partial charge is 0.494 e. The van der Waals surface area contributed by atoms with Crippen molar-refractivity contribution >= 4 is 23.4 Å². The Hall–Kier alpha value is -2.94. The molecular formula is C20H24FN5O3. The van der Waals surface area contributed by atoms with Gasteiger partial charge in [0.2, 0.25) is 5.95 Å². The maximum absolute atomic E-state index is 14.1. The lowest BCUT2D eigenvalue weighted by Crippen LogP contribution is -2.37. The summed E-state index contributed by atoms with van der Waals surface area (Å²) >= 11 is 0. The number of rotatable bonds is 6. The van der Waals surface area contributed by atoms with Crippen LogP contribution in [0, 0.1) is 5.82 Å². The number of aromatic nitrogens is 2. The van der Waals surface area contributed by atoms with Gasteiger partial charge in [0.15, 0.2) is 11.6 Å². The van der Waals surface area contributed by atoms with Crippen LogP contribution in [-0.4, -0.2) is 60.7 Å². The van der Waals surface area contributed by atoms with Crippen molar-refractivity contribution in [2.75, 3.05) is 50.2 Å². The molecular weight excluding hydrogens is 377 g/mol. The van der Waals surface area contributed by atoms with Gasteiger partial charge in [-0.3, -0.25) is 4.79 Å². The lowest BCUT2D eigenvalue weighted by atomic mass is 10.2. The first-order valence-electron chi connectivity index (χ1n) is 9.74. The lowest BCUT2D eigenvalue weighted by molar-refractivity contribution is 0.0774. The third-order valence-corrected chi connectivity index (χ3v) is 5.04. The van der Waals surface area contributed by atoms with Gasteiger partial charge in [-0.05, 0) is 18.6 Å². The topological polar surface area (TPSA) is 79.8 Å². The minimum atomic E-state index is -0.472. The zero-order chi connectivity index (χ0) is 20.4. The fourth-order valence-corrected chi connectivity index (χ4v) is 3.55. The molecule has 2 aromatic rings. The van der Waals surface area contributed by atoms with Gasteiger partial charge in [0, 0.05) is 37.0 Å². The van der Waals surface area contributed by atoms with Crippen LogP contribution >= 0.6 is 0 Å². The summed E-state index contributed by atoms with van der Waals surface area (Å²) in [6, 6.07) is 4.62. The van der Waals surface area contributed by atoms with Gasteiger partial charge in [-0.15, -0.1) is 0 Å². The van der Waals surface area contributed by atoms with Crippen molar-refractivity contribution in [1.29, 1.82) is 0 Å². The van der Waals surface area contributed by atoms with Gasteiger partial charge in [-0.25, -0.2) is 9.37 Å². The monoisotopic (exact) mass is 401 g/mol. The van der Waals surface area contributed by atoms with Crippen LogP contribution in [0.15, 0.2) is 18.2 Å². The van der Waals surface area contributed by atoms with Crippen molar-refractivity contribution in [3.63, 3.8) is 0 Å². The molecule has 0 bridgehead atoms. The summed E-state index contributed by atoms with van der Waals surface area (Å²) < 4.78 is 24.5. The number of hydrogen-bond acceptors (Lipinski definition) is 7. The Morgan fingerprint density at radius 1 is 1.28 bits per heavy atom. The maximum atomic E-state index is 14.1. The number of nitrogens with one attached hydrogen (secondary N) is 1.